The first kappa shape index (κ1) is 19.8. The second-order valence-corrected chi connectivity index (χ2v) is 7.05. The Hall–Kier alpha value is -1.22. The first-order valence-corrected chi connectivity index (χ1v) is 8.44. The maximum absolute atomic E-state index is 13.9. The molecule has 0 atom stereocenters. The average Bonchev–Trinajstić information content (AvgIpc) is 2.94. The Balaban J connectivity index is 0.00000264. The maximum atomic E-state index is 13.9. The highest BCUT2D eigenvalue weighted by molar-refractivity contribution is 7.89. The molecule has 0 radical (unpaired) electrons. The third-order valence-electron chi connectivity index (χ3n) is 3.96. The third-order valence-corrected chi connectivity index (χ3v) is 5.58. The topological polar surface area (TPSA) is 98.5 Å². The highest BCUT2D eigenvalue weighted by Gasteiger charge is 2.38. The van der Waals surface area contributed by atoms with Crippen LogP contribution in [0.1, 0.15) is 36.0 Å². The van der Waals surface area contributed by atoms with Crippen LogP contribution in [0, 0.1) is 5.82 Å². The highest BCUT2D eigenvalue weighted by Crippen LogP contribution is 2.31. The largest absolute Gasteiger partial charge is 0.465 e. The van der Waals surface area contributed by atoms with Gasteiger partial charge in [-0.15, -0.1) is 12.4 Å². The van der Waals surface area contributed by atoms with Gasteiger partial charge in [0.05, 0.1) is 12.0 Å². The van der Waals surface area contributed by atoms with E-state index in [0.717, 1.165) is 26.0 Å². The minimum atomic E-state index is -4.09. The Labute approximate surface area is 141 Å². The van der Waals surface area contributed by atoms with E-state index in [9.17, 15) is 17.6 Å². The number of methoxy groups -OCH3 is 1. The van der Waals surface area contributed by atoms with Crippen LogP contribution < -0.4 is 10.5 Å². The molecule has 0 aliphatic heterocycles. The van der Waals surface area contributed by atoms with Gasteiger partial charge in [0.25, 0.3) is 0 Å². The summed E-state index contributed by atoms with van der Waals surface area (Å²) < 4.78 is 46.1. The van der Waals surface area contributed by atoms with Crippen LogP contribution in [0.15, 0.2) is 23.1 Å². The number of benzene rings is 1. The molecular formula is C14H20ClFN2O4S. The molecule has 0 saturated heterocycles. The van der Waals surface area contributed by atoms with E-state index >= 15 is 0 Å². The van der Waals surface area contributed by atoms with Gasteiger partial charge >= 0.3 is 5.97 Å². The van der Waals surface area contributed by atoms with Crippen LogP contribution in [0.25, 0.3) is 0 Å². The number of carbonyl (C=O) groups is 1. The van der Waals surface area contributed by atoms with Crippen LogP contribution in [0.4, 0.5) is 4.39 Å². The fourth-order valence-electron chi connectivity index (χ4n) is 2.77. The van der Waals surface area contributed by atoms with Crippen molar-refractivity contribution in [3.05, 3.63) is 29.6 Å². The lowest BCUT2D eigenvalue weighted by Gasteiger charge is -2.28. The normalized spacial score (nSPS) is 16.7. The summed E-state index contributed by atoms with van der Waals surface area (Å²) in [5.41, 5.74) is 4.38. The van der Waals surface area contributed by atoms with Crippen molar-refractivity contribution in [2.24, 2.45) is 5.73 Å². The molecule has 0 aromatic heterocycles. The molecule has 1 aromatic carbocycles. The lowest BCUT2D eigenvalue weighted by molar-refractivity contribution is 0.0590. The number of nitrogens with two attached hydrogens (primary N) is 1. The highest BCUT2D eigenvalue weighted by atomic mass is 35.5. The van der Waals surface area contributed by atoms with Gasteiger partial charge < -0.3 is 10.5 Å². The molecule has 0 heterocycles. The van der Waals surface area contributed by atoms with E-state index < -0.39 is 37.8 Å². The van der Waals surface area contributed by atoms with Crippen LogP contribution in [0.5, 0.6) is 0 Å². The number of halogens is 2. The summed E-state index contributed by atoms with van der Waals surface area (Å²) in [4.78, 5) is 11.3. The SMILES string of the molecule is COC(=O)c1c(F)cccc1S(=O)(=O)NC1(CN)CCCC1.Cl. The van der Waals surface area contributed by atoms with E-state index in [4.69, 9.17) is 5.73 Å². The maximum Gasteiger partial charge on any atom is 0.342 e. The van der Waals surface area contributed by atoms with Crippen LogP contribution in [0.3, 0.4) is 0 Å². The van der Waals surface area contributed by atoms with E-state index in [0.29, 0.717) is 12.8 Å². The molecule has 1 aliphatic rings. The standard InChI is InChI=1S/C14H19FN2O4S.ClH/c1-21-13(18)12-10(15)5-4-6-11(12)22(19,20)17-14(9-16)7-2-3-8-14;/h4-6,17H,2-3,7-9,16H2,1H3;1H. The molecule has 23 heavy (non-hydrogen) atoms. The van der Waals surface area contributed by atoms with Crippen molar-refractivity contribution in [1.82, 2.24) is 4.72 Å². The summed E-state index contributed by atoms with van der Waals surface area (Å²) in [5, 5.41) is 0. The summed E-state index contributed by atoms with van der Waals surface area (Å²) in [6, 6.07) is 3.43. The van der Waals surface area contributed by atoms with Gasteiger partial charge in [0.1, 0.15) is 11.4 Å². The number of carbonyl (C=O) groups excluding carboxylic acids is 1. The smallest absolute Gasteiger partial charge is 0.342 e. The van der Waals surface area contributed by atoms with Crippen LogP contribution in [0.2, 0.25) is 0 Å². The van der Waals surface area contributed by atoms with Crippen molar-refractivity contribution in [3.8, 4) is 0 Å². The Morgan fingerprint density at radius 3 is 2.52 bits per heavy atom. The molecule has 0 amide bonds. The summed E-state index contributed by atoms with van der Waals surface area (Å²) in [6.45, 7) is 0.148. The van der Waals surface area contributed by atoms with Gasteiger partial charge in [-0.2, -0.15) is 0 Å². The van der Waals surface area contributed by atoms with Gasteiger partial charge in [-0.3, -0.25) is 0 Å². The zero-order chi connectivity index (χ0) is 16.4. The molecule has 9 heteroatoms. The van der Waals surface area contributed by atoms with Crippen LogP contribution in [-0.2, 0) is 14.8 Å². The first-order chi connectivity index (χ1) is 10.4. The number of esters is 1. The zero-order valence-corrected chi connectivity index (χ0v) is 14.3. The zero-order valence-electron chi connectivity index (χ0n) is 12.7. The predicted octanol–water partition coefficient (Wildman–Crippen LogP) is 1.58. The molecule has 0 unspecified atom stereocenters. The number of nitrogens with one attached hydrogen (secondary N) is 1. The van der Waals surface area contributed by atoms with Crippen molar-refractivity contribution in [1.29, 1.82) is 0 Å². The van der Waals surface area contributed by atoms with Gasteiger partial charge in [-0.25, -0.2) is 22.3 Å². The summed E-state index contributed by atoms with van der Waals surface area (Å²) in [5.74, 6) is -1.98. The van der Waals surface area contributed by atoms with Crippen LogP contribution in [-0.4, -0.2) is 33.6 Å². The first-order valence-electron chi connectivity index (χ1n) is 6.96. The molecular weight excluding hydrogens is 347 g/mol. The van der Waals surface area contributed by atoms with Crippen molar-refractivity contribution in [2.45, 2.75) is 36.1 Å². The molecule has 6 nitrogen and oxygen atoms in total. The van der Waals surface area contributed by atoms with Gasteiger partial charge in [0.15, 0.2) is 0 Å². The van der Waals surface area contributed by atoms with E-state index in [-0.39, 0.29) is 19.0 Å². The van der Waals surface area contributed by atoms with E-state index in [2.05, 4.69) is 9.46 Å². The third kappa shape index (κ3) is 4.00. The molecule has 1 saturated carbocycles. The average molecular weight is 367 g/mol. The minimum Gasteiger partial charge on any atom is -0.465 e. The number of sulfonamides is 1. The molecule has 0 bridgehead atoms. The van der Waals surface area contributed by atoms with Gasteiger partial charge in [-0.1, -0.05) is 18.9 Å². The summed E-state index contributed by atoms with van der Waals surface area (Å²) >= 11 is 0. The lowest BCUT2D eigenvalue weighted by atomic mass is 10.0. The van der Waals surface area contributed by atoms with Gasteiger partial charge in [-0.05, 0) is 25.0 Å². The monoisotopic (exact) mass is 366 g/mol. The Bertz CT molecular complexity index is 675. The molecule has 1 aliphatic carbocycles. The van der Waals surface area contributed by atoms with E-state index in [1.165, 1.54) is 12.1 Å². The molecule has 1 aromatic rings. The number of rotatable bonds is 5. The van der Waals surface area contributed by atoms with Gasteiger partial charge in [0.2, 0.25) is 10.0 Å². The number of ether oxygens (including phenoxy) is 1. The molecule has 2 rings (SSSR count). The second kappa shape index (κ2) is 7.57. The Morgan fingerprint density at radius 1 is 1.39 bits per heavy atom. The van der Waals surface area contributed by atoms with E-state index in [1.807, 2.05) is 0 Å². The van der Waals surface area contributed by atoms with Crippen molar-refractivity contribution >= 4 is 28.4 Å². The fraction of sp³-hybridized carbons (Fsp3) is 0.500. The summed E-state index contributed by atoms with van der Waals surface area (Å²) in [7, 11) is -3.03. The molecule has 3 N–H and O–H groups in total. The van der Waals surface area contributed by atoms with Gasteiger partial charge in [0, 0.05) is 12.1 Å². The second-order valence-electron chi connectivity index (χ2n) is 5.40. The minimum absolute atomic E-state index is 0. The van der Waals surface area contributed by atoms with Crippen molar-refractivity contribution in [3.63, 3.8) is 0 Å². The predicted molar refractivity (Wildman–Crippen MR) is 85.6 cm³/mol. The number of hydrogen-bond acceptors (Lipinski definition) is 5. The summed E-state index contributed by atoms with van der Waals surface area (Å²) in [6.07, 6.45) is 2.97. The quantitative estimate of drug-likeness (QED) is 0.771. The van der Waals surface area contributed by atoms with Crippen molar-refractivity contribution < 1.29 is 22.3 Å². The Morgan fingerprint density at radius 2 is 2.00 bits per heavy atom. The van der Waals surface area contributed by atoms with Crippen molar-refractivity contribution in [2.75, 3.05) is 13.7 Å². The Kier molecular flexibility index (Phi) is 6.52. The molecule has 1 fully saturated rings. The molecule has 130 valence electrons. The molecule has 0 spiro atoms. The fourth-order valence-corrected chi connectivity index (χ4v) is 4.44. The van der Waals surface area contributed by atoms with Crippen LogP contribution >= 0.6 is 12.4 Å². The number of hydrogen-bond donors (Lipinski definition) is 2. The lowest BCUT2D eigenvalue weighted by Crippen LogP contribution is -2.51. The van der Waals surface area contributed by atoms with E-state index in [1.54, 1.807) is 0 Å².